The molecule has 7 heteroatoms. The molecule has 1 aliphatic rings. The number of likely N-dealkylation sites (N-methyl/N-ethyl adjacent to an activating group) is 1. The van der Waals surface area contributed by atoms with Crippen molar-refractivity contribution in [3.8, 4) is 0 Å². The number of rotatable bonds is 5. The van der Waals surface area contributed by atoms with Crippen LogP contribution in [-0.4, -0.2) is 89.9 Å². The Labute approximate surface area is 100 Å². The van der Waals surface area contributed by atoms with Gasteiger partial charge >= 0.3 is 0 Å². The lowest BCUT2D eigenvalue weighted by Gasteiger charge is -2.39. The van der Waals surface area contributed by atoms with Crippen molar-refractivity contribution >= 4 is 0 Å². The summed E-state index contributed by atoms with van der Waals surface area (Å²) in [5.41, 5.74) is 0. The van der Waals surface area contributed by atoms with Crippen molar-refractivity contribution in [3.05, 3.63) is 0 Å². The van der Waals surface area contributed by atoms with E-state index in [-0.39, 0.29) is 0 Å². The van der Waals surface area contributed by atoms with E-state index in [4.69, 9.17) is 14.6 Å². The first-order valence-corrected chi connectivity index (χ1v) is 5.54. The van der Waals surface area contributed by atoms with Gasteiger partial charge in [-0.3, -0.25) is 0 Å². The Balaban J connectivity index is 2.47. The molecule has 0 unspecified atom stereocenters. The second-order valence-electron chi connectivity index (χ2n) is 4.37. The summed E-state index contributed by atoms with van der Waals surface area (Å²) in [7, 11) is 3.74. The highest BCUT2D eigenvalue weighted by atomic mass is 16.7. The molecule has 4 N–H and O–H groups in total. The predicted octanol–water partition coefficient (Wildman–Crippen LogP) is -2.64. The largest absolute Gasteiger partial charge is 0.394 e. The summed E-state index contributed by atoms with van der Waals surface area (Å²) in [6, 6.07) is 0. The fourth-order valence-electron chi connectivity index (χ4n) is 1.56. The fraction of sp³-hybridized carbons (Fsp3) is 1.00. The Kier molecular flexibility index (Phi) is 5.74. The van der Waals surface area contributed by atoms with Crippen molar-refractivity contribution < 1.29 is 29.9 Å². The van der Waals surface area contributed by atoms with Crippen LogP contribution in [0, 0.1) is 0 Å². The molecule has 102 valence electrons. The minimum absolute atomic E-state index is 0.315. The van der Waals surface area contributed by atoms with Gasteiger partial charge in [-0.05, 0) is 14.1 Å². The topological polar surface area (TPSA) is 103 Å². The maximum atomic E-state index is 9.63. The molecule has 0 radical (unpaired) electrons. The maximum Gasteiger partial charge on any atom is 0.186 e. The molecular weight excluding hydrogens is 230 g/mol. The van der Waals surface area contributed by atoms with E-state index in [1.54, 1.807) is 0 Å². The van der Waals surface area contributed by atoms with Gasteiger partial charge in [0.2, 0.25) is 0 Å². The SMILES string of the molecule is CN(C)CCO[C@H]1O[C@@H](CO)[C@H](O)[C@@H](O)[C@@H]1O. The first-order valence-electron chi connectivity index (χ1n) is 5.54. The molecule has 0 spiro atoms. The van der Waals surface area contributed by atoms with Crippen LogP contribution in [0.3, 0.4) is 0 Å². The molecule has 5 atom stereocenters. The van der Waals surface area contributed by atoms with Crippen LogP contribution in [0.2, 0.25) is 0 Å². The Morgan fingerprint density at radius 3 is 2.29 bits per heavy atom. The highest BCUT2D eigenvalue weighted by Crippen LogP contribution is 2.21. The van der Waals surface area contributed by atoms with Crippen molar-refractivity contribution in [2.45, 2.75) is 30.7 Å². The van der Waals surface area contributed by atoms with Gasteiger partial charge in [-0.2, -0.15) is 0 Å². The number of ether oxygens (including phenoxy) is 2. The summed E-state index contributed by atoms with van der Waals surface area (Å²) in [5, 5.41) is 37.6. The third-order valence-electron chi connectivity index (χ3n) is 2.67. The number of nitrogens with zero attached hydrogens (tertiary/aromatic N) is 1. The highest BCUT2D eigenvalue weighted by molar-refractivity contribution is 4.88. The van der Waals surface area contributed by atoms with Crippen LogP contribution < -0.4 is 0 Å². The zero-order chi connectivity index (χ0) is 13.0. The summed E-state index contributed by atoms with van der Waals surface area (Å²) < 4.78 is 10.4. The lowest BCUT2D eigenvalue weighted by Crippen LogP contribution is -2.59. The van der Waals surface area contributed by atoms with E-state index in [0.717, 1.165) is 0 Å². The monoisotopic (exact) mass is 251 g/mol. The van der Waals surface area contributed by atoms with Crippen molar-refractivity contribution in [3.63, 3.8) is 0 Å². The van der Waals surface area contributed by atoms with Crippen LogP contribution in [0.15, 0.2) is 0 Å². The zero-order valence-electron chi connectivity index (χ0n) is 10.1. The first kappa shape index (κ1) is 14.8. The highest BCUT2D eigenvalue weighted by Gasteiger charge is 2.43. The summed E-state index contributed by atoms with van der Waals surface area (Å²) in [5.74, 6) is 0. The Hall–Kier alpha value is -0.280. The molecule has 1 heterocycles. The number of aliphatic hydroxyl groups is 4. The van der Waals surface area contributed by atoms with Crippen LogP contribution in [0.25, 0.3) is 0 Å². The molecule has 0 bridgehead atoms. The summed E-state index contributed by atoms with van der Waals surface area (Å²) in [6.07, 6.45) is -6.01. The van der Waals surface area contributed by atoms with Gasteiger partial charge in [-0.1, -0.05) is 0 Å². The average Bonchev–Trinajstić information content (AvgIpc) is 2.29. The van der Waals surface area contributed by atoms with Crippen LogP contribution in [-0.2, 0) is 9.47 Å². The molecule has 1 saturated heterocycles. The van der Waals surface area contributed by atoms with Crippen molar-refractivity contribution in [1.82, 2.24) is 4.90 Å². The first-order chi connectivity index (χ1) is 7.97. The molecular formula is C10H21NO6. The van der Waals surface area contributed by atoms with Crippen molar-refractivity contribution in [2.24, 2.45) is 0 Å². The van der Waals surface area contributed by atoms with Gasteiger partial charge in [0.25, 0.3) is 0 Å². The van der Waals surface area contributed by atoms with Crippen LogP contribution in [0.4, 0.5) is 0 Å². The molecule has 1 rings (SSSR count). The standard InChI is InChI=1S/C10H21NO6/c1-11(2)3-4-16-10-9(15)8(14)7(13)6(5-12)17-10/h6-10,12-15H,3-5H2,1-2H3/t6-,7-,8+,9-,10-/m0/s1. The smallest absolute Gasteiger partial charge is 0.186 e. The second kappa shape index (κ2) is 6.60. The predicted molar refractivity (Wildman–Crippen MR) is 58.3 cm³/mol. The third-order valence-corrected chi connectivity index (χ3v) is 2.67. The Morgan fingerprint density at radius 1 is 1.12 bits per heavy atom. The van der Waals surface area contributed by atoms with Gasteiger partial charge < -0.3 is 34.8 Å². The van der Waals surface area contributed by atoms with E-state index in [9.17, 15) is 15.3 Å². The van der Waals surface area contributed by atoms with E-state index < -0.39 is 37.3 Å². The molecule has 7 nitrogen and oxygen atoms in total. The number of hydrogen-bond acceptors (Lipinski definition) is 7. The average molecular weight is 251 g/mol. The molecule has 0 amide bonds. The number of hydrogen-bond donors (Lipinski definition) is 4. The second-order valence-corrected chi connectivity index (χ2v) is 4.37. The Morgan fingerprint density at radius 2 is 1.76 bits per heavy atom. The van der Waals surface area contributed by atoms with E-state index in [1.165, 1.54) is 0 Å². The van der Waals surface area contributed by atoms with Gasteiger partial charge in [0, 0.05) is 6.54 Å². The lowest BCUT2D eigenvalue weighted by atomic mass is 9.99. The maximum absolute atomic E-state index is 9.63. The molecule has 1 aliphatic heterocycles. The lowest BCUT2D eigenvalue weighted by molar-refractivity contribution is -0.301. The fourth-order valence-corrected chi connectivity index (χ4v) is 1.56. The normalized spacial score (nSPS) is 38.6. The summed E-state index contributed by atoms with van der Waals surface area (Å²) in [6.45, 7) is 0.503. The molecule has 0 aromatic heterocycles. The van der Waals surface area contributed by atoms with E-state index in [2.05, 4.69) is 0 Å². The quantitative estimate of drug-likeness (QED) is 0.424. The van der Waals surface area contributed by atoms with Crippen LogP contribution in [0.5, 0.6) is 0 Å². The van der Waals surface area contributed by atoms with Gasteiger partial charge in [0.05, 0.1) is 13.2 Å². The molecule has 0 aliphatic carbocycles. The van der Waals surface area contributed by atoms with Crippen molar-refractivity contribution in [2.75, 3.05) is 33.9 Å². The Bertz CT molecular complexity index is 225. The number of aliphatic hydroxyl groups excluding tert-OH is 4. The molecule has 0 saturated carbocycles. The zero-order valence-corrected chi connectivity index (χ0v) is 10.1. The third kappa shape index (κ3) is 3.85. The molecule has 0 aromatic carbocycles. The van der Waals surface area contributed by atoms with Crippen molar-refractivity contribution in [1.29, 1.82) is 0 Å². The molecule has 0 aromatic rings. The van der Waals surface area contributed by atoms with Crippen LogP contribution >= 0.6 is 0 Å². The van der Waals surface area contributed by atoms with E-state index in [0.29, 0.717) is 13.2 Å². The van der Waals surface area contributed by atoms with Crippen LogP contribution in [0.1, 0.15) is 0 Å². The van der Waals surface area contributed by atoms with Gasteiger partial charge in [-0.25, -0.2) is 0 Å². The summed E-state index contributed by atoms with van der Waals surface area (Å²) >= 11 is 0. The van der Waals surface area contributed by atoms with Gasteiger partial charge in [-0.15, -0.1) is 0 Å². The molecule has 1 fully saturated rings. The minimum atomic E-state index is -1.38. The summed E-state index contributed by atoms with van der Waals surface area (Å²) in [4.78, 5) is 1.89. The van der Waals surface area contributed by atoms with Gasteiger partial charge in [0.1, 0.15) is 24.4 Å². The minimum Gasteiger partial charge on any atom is -0.394 e. The van der Waals surface area contributed by atoms with E-state index in [1.807, 2.05) is 19.0 Å². The molecule has 17 heavy (non-hydrogen) atoms. The van der Waals surface area contributed by atoms with Gasteiger partial charge in [0.15, 0.2) is 6.29 Å². The van der Waals surface area contributed by atoms with E-state index >= 15 is 0 Å².